The minimum absolute atomic E-state index is 0.0116. The number of rotatable bonds is 3. The molecule has 18 heavy (non-hydrogen) atoms. The van der Waals surface area contributed by atoms with Gasteiger partial charge in [-0.3, -0.25) is 20.2 Å². The highest BCUT2D eigenvalue weighted by atomic mass is 32.1. The maximum absolute atomic E-state index is 11.8. The summed E-state index contributed by atoms with van der Waals surface area (Å²) < 4.78 is 0. The van der Waals surface area contributed by atoms with Crippen LogP contribution in [0.2, 0.25) is 0 Å². The summed E-state index contributed by atoms with van der Waals surface area (Å²) in [6, 6.07) is 4.18. The van der Waals surface area contributed by atoms with Crippen LogP contribution in [0.1, 0.15) is 15.9 Å². The third kappa shape index (κ3) is 2.48. The van der Waals surface area contributed by atoms with E-state index in [1.54, 1.807) is 6.92 Å². The highest BCUT2D eigenvalue weighted by Crippen LogP contribution is 2.19. The second kappa shape index (κ2) is 4.88. The van der Waals surface area contributed by atoms with Gasteiger partial charge in [0.25, 0.3) is 11.6 Å². The average molecular weight is 264 g/mol. The average Bonchev–Trinajstić information content (AvgIpc) is 2.81. The van der Waals surface area contributed by atoms with E-state index in [9.17, 15) is 14.9 Å². The predicted molar refractivity (Wildman–Crippen MR) is 65.7 cm³/mol. The molecule has 0 spiro atoms. The summed E-state index contributed by atoms with van der Waals surface area (Å²) in [7, 11) is 0. The Morgan fingerprint density at radius 1 is 1.50 bits per heavy atom. The molecule has 0 aliphatic carbocycles. The fourth-order valence-corrected chi connectivity index (χ4v) is 1.84. The van der Waals surface area contributed by atoms with Crippen LogP contribution in [0.3, 0.4) is 0 Å². The summed E-state index contributed by atoms with van der Waals surface area (Å²) in [5.41, 5.74) is 2.26. The van der Waals surface area contributed by atoms with Gasteiger partial charge in [0.05, 0.1) is 4.92 Å². The largest absolute Gasteiger partial charge is 0.296 e. The van der Waals surface area contributed by atoms with E-state index in [-0.39, 0.29) is 11.6 Å². The molecule has 1 N–H and O–H groups in total. The van der Waals surface area contributed by atoms with Crippen LogP contribution in [-0.2, 0) is 0 Å². The molecule has 0 saturated carbocycles. The molecule has 1 amide bonds. The van der Waals surface area contributed by atoms with E-state index < -0.39 is 4.92 Å². The minimum atomic E-state index is -0.484. The molecule has 92 valence electrons. The number of hydrogen-bond acceptors (Lipinski definition) is 6. The first-order chi connectivity index (χ1) is 8.58. The maximum Gasteiger partial charge on any atom is 0.272 e. The lowest BCUT2D eigenvalue weighted by molar-refractivity contribution is -0.385. The van der Waals surface area contributed by atoms with Crippen LogP contribution < -0.4 is 5.32 Å². The smallest absolute Gasteiger partial charge is 0.272 e. The van der Waals surface area contributed by atoms with Crippen LogP contribution >= 0.6 is 11.3 Å². The van der Waals surface area contributed by atoms with Crippen LogP contribution in [0.4, 0.5) is 10.8 Å². The summed E-state index contributed by atoms with van der Waals surface area (Å²) in [6.45, 7) is 1.58. The molecule has 2 aromatic rings. The van der Waals surface area contributed by atoms with E-state index in [0.717, 1.165) is 0 Å². The van der Waals surface area contributed by atoms with E-state index in [1.165, 1.54) is 35.0 Å². The van der Waals surface area contributed by atoms with Crippen molar-refractivity contribution >= 4 is 28.1 Å². The number of aryl methyl sites for hydroxylation is 1. The predicted octanol–water partition coefficient (Wildman–Crippen LogP) is 2.01. The number of nitro groups is 1. The second-order valence-corrected chi connectivity index (χ2v) is 4.29. The fraction of sp³-hybridized carbons (Fsp3) is 0.100. The lowest BCUT2D eigenvalue weighted by atomic mass is 10.1. The van der Waals surface area contributed by atoms with Gasteiger partial charge < -0.3 is 0 Å². The van der Waals surface area contributed by atoms with Gasteiger partial charge in [-0.15, -0.1) is 10.2 Å². The number of nitrogens with zero attached hydrogens (tertiary/aromatic N) is 3. The number of anilines is 1. The molecule has 0 fully saturated rings. The third-order valence-corrected chi connectivity index (χ3v) is 2.84. The molecule has 7 nitrogen and oxygen atoms in total. The highest BCUT2D eigenvalue weighted by Gasteiger charge is 2.14. The van der Waals surface area contributed by atoms with Crippen LogP contribution in [-0.4, -0.2) is 21.0 Å². The molecule has 1 aromatic heterocycles. The molecule has 2 rings (SSSR count). The van der Waals surface area contributed by atoms with Crippen LogP contribution in [0.15, 0.2) is 23.7 Å². The number of benzene rings is 1. The van der Waals surface area contributed by atoms with E-state index in [1.807, 2.05) is 0 Å². The van der Waals surface area contributed by atoms with Gasteiger partial charge in [-0.25, -0.2) is 0 Å². The van der Waals surface area contributed by atoms with E-state index in [0.29, 0.717) is 16.3 Å². The number of aromatic nitrogens is 2. The lowest BCUT2D eigenvalue weighted by Crippen LogP contribution is -2.12. The zero-order valence-electron chi connectivity index (χ0n) is 9.28. The second-order valence-electron chi connectivity index (χ2n) is 3.46. The Morgan fingerprint density at radius 2 is 2.28 bits per heavy atom. The fourth-order valence-electron chi connectivity index (χ4n) is 1.40. The number of carbonyl (C=O) groups excluding carboxylic acids is 1. The topological polar surface area (TPSA) is 98.0 Å². The summed E-state index contributed by atoms with van der Waals surface area (Å²) >= 11 is 1.20. The van der Waals surface area contributed by atoms with Crippen molar-refractivity contribution in [1.82, 2.24) is 10.2 Å². The quantitative estimate of drug-likeness (QED) is 0.675. The van der Waals surface area contributed by atoms with Crippen molar-refractivity contribution in [3.63, 3.8) is 0 Å². The molecular formula is C10H8N4O3S. The van der Waals surface area contributed by atoms with E-state index in [2.05, 4.69) is 15.5 Å². The Hall–Kier alpha value is -2.35. The maximum atomic E-state index is 11.8. The Kier molecular flexibility index (Phi) is 3.28. The standard InChI is InChI=1S/C10H8N4O3S/c1-6-4-7(2-3-8(6)14(16)17)9(15)12-10-13-11-5-18-10/h2-5H,1H3,(H,12,13,15). The van der Waals surface area contributed by atoms with Crippen molar-refractivity contribution in [3.05, 3.63) is 45.0 Å². The first-order valence-corrected chi connectivity index (χ1v) is 5.78. The number of hydrogen-bond donors (Lipinski definition) is 1. The van der Waals surface area contributed by atoms with Gasteiger partial charge >= 0.3 is 0 Å². The molecular weight excluding hydrogens is 256 g/mol. The Balaban J connectivity index is 2.21. The minimum Gasteiger partial charge on any atom is -0.296 e. The summed E-state index contributed by atoms with van der Waals surface area (Å²) in [6.07, 6.45) is 0. The zero-order valence-corrected chi connectivity index (χ0v) is 10.1. The Bertz CT molecular complexity index is 597. The van der Waals surface area contributed by atoms with Gasteiger partial charge in [-0.1, -0.05) is 11.3 Å². The summed E-state index contributed by atoms with van der Waals surface area (Å²) in [5, 5.41) is 20.8. The molecule has 0 radical (unpaired) electrons. The number of amides is 1. The van der Waals surface area contributed by atoms with Crippen LogP contribution in [0.25, 0.3) is 0 Å². The first kappa shape index (κ1) is 12.1. The Morgan fingerprint density at radius 3 is 2.83 bits per heavy atom. The van der Waals surface area contributed by atoms with Crippen molar-refractivity contribution < 1.29 is 9.72 Å². The molecule has 0 atom stereocenters. The molecule has 8 heteroatoms. The van der Waals surface area contributed by atoms with Gasteiger partial charge in [0, 0.05) is 17.2 Å². The Labute approximate surface area is 106 Å². The van der Waals surface area contributed by atoms with Crippen molar-refractivity contribution in [1.29, 1.82) is 0 Å². The molecule has 0 saturated heterocycles. The lowest BCUT2D eigenvalue weighted by Gasteiger charge is -2.02. The zero-order chi connectivity index (χ0) is 13.1. The van der Waals surface area contributed by atoms with Gasteiger partial charge in [0.15, 0.2) is 0 Å². The van der Waals surface area contributed by atoms with Crippen LogP contribution in [0.5, 0.6) is 0 Å². The first-order valence-electron chi connectivity index (χ1n) is 4.90. The van der Waals surface area contributed by atoms with Crippen molar-refractivity contribution in [3.8, 4) is 0 Å². The van der Waals surface area contributed by atoms with E-state index in [4.69, 9.17) is 0 Å². The van der Waals surface area contributed by atoms with Crippen molar-refractivity contribution in [2.45, 2.75) is 6.92 Å². The summed E-state index contributed by atoms with van der Waals surface area (Å²) in [4.78, 5) is 22.0. The summed E-state index contributed by atoms with van der Waals surface area (Å²) in [5.74, 6) is -0.371. The van der Waals surface area contributed by atoms with Gasteiger partial charge in [-0.2, -0.15) is 0 Å². The van der Waals surface area contributed by atoms with Gasteiger partial charge in [-0.05, 0) is 19.1 Å². The van der Waals surface area contributed by atoms with Gasteiger partial charge in [0.2, 0.25) is 5.13 Å². The molecule has 0 aliphatic rings. The number of nitrogens with one attached hydrogen (secondary N) is 1. The molecule has 1 aromatic carbocycles. The molecule has 0 aliphatic heterocycles. The third-order valence-electron chi connectivity index (χ3n) is 2.24. The van der Waals surface area contributed by atoms with Crippen LogP contribution in [0, 0.1) is 17.0 Å². The van der Waals surface area contributed by atoms with Gasteiger partial charge in [0.1, 0.15) is 5.51 Å². The molecule has 0 unspecified atom stereocenters. The van der Waals surface area contributed by atoms with Crippen molar-refractivity contribution in [2.24, 2.45) is 0 Å². The van der Waals surface area contributed by atoms with Crippen molar-refractivity contribution in [2.75, 3.05) is 5.32 Å². The van der Waals surface area contributed by atoms with E-state index >= 15 is 0 Å². The molecule has 1 heterocycles. The highest BCUT2D eigenvalue weighted by molar-refractivity contribution is 7.13. The number of nitro benzene ring substituents is 1. The monoisotopic (exact) mass is 264 g/mol. The SMILES string of the molecule is Cc1cc(C(=O)Nc2nncs2)ccc1[N+](=O)[O-]. The molecule has 0 bridgehead atoms. The normalized spacial score (nSPS) is 10.1. The number of carbonyl (C=O) groups is 1.